The number of halogens is 1. The van der Waals surface area contributed by atoms with Crippen LogP contribution in [0.2, 0.25) is 0 Å². The summed E-state index contributed by atoms with van der Waals surface area (Å²) in [5.41, 5.74) is 0.865. The third-order valence-corrected chi connectivity index (χ3v) is 6.93. The van der Waals surface area contributed by atoms with Gasteiger partial charge < -0.3 is 9.64 Å². The summed E-state index contributed by atoms with van der Waals surface area (Å²) < 4.78 is 18.3. The highest BCUT2D eigenvalue weighted by molar-refractivity contribution is 5.90. The van der Waals surface area contributed by atoms with Gasteiger partial charge >= 0.3 is 5.97 Å². The number of nitrogens with zero attached hydrogens (tertiary/aromatic N) is 1. The van der Waals surface area contributed by atoms with Gasteiger partial charge in [0.2, 0.25) is 5.91 Å². The second-order valence-electron chi connectivity index (χ2n) is 8.36. The van der Waals surface area contributed by atoms with Crippen LogP contribution in [0.5, 0.6) is 0 Å². The van der Waals surface area contributed by atoms with Gasteiger partial charge in [-0.25, -0.2) is 9.18 Å². The highest BCUT2D eigenvalue weighted by Crippen LogP contribution is 2.60. The lowest BCUT2D eigenvalue weighted by molar-refractivity contribution is -0.143. The molecule has 4 rings (SSSR count). The predicted octanol–water partition coefficient (Wildman–Crippen LogP) is 3.29. The summed E-state index contributed by atoms with van der Waals surface area (Å²) in [7, 11) is 1.35. The number of methoxy groups -OCH3 is 1. The Morgan fingerprint density at radius 1 is 1.19 bits per heavy atom. The van der Waals surface area contributed by atoms with Crippen molar-refractivity contribution < 1.29 is 18.7 Å². The van der Waals surface area contributed by atoms with Gasteiger partial charge in [-0.15, -0.1) is 0 Å². The van der Waals surface area contributed by atoms with Crippen LogP contribution in [-0.2, 0) is 19.7 Å². The molecule has 4 nitrogen and oxygen atoms in total. The normalized spacial score (nSPS) is 35.3. The summed E-state index contributed by atoms with van der Waals surface area (Å²) >= 11 is 0. The van der Waals surface area contributed by atoms with Crippen molar-refractivity contribution in [3.63, 3.8) is 0 Å². The second kappa shape index (κ2) is 6.36. The molecule has 1 amide bonds. The van der Waals surface area contributed by atoms with Crippen LogP contribution < -0.4 is 0 Å². The van der Waals surface area contributed by atoms with Gasteiger partial charge in [0.1, 0.15) is 11.9 Å². The van der Waals surface area contributed by atoms with Crippen LogP contribution in [0.3, 0.4) is 0 Å². The average Bonchev–Trinajstić information content (AvgIpc) is 3.39. The molecule has 0 aromatic heterocycles. The van der Waals surface area contributed by atoms with E-state index in [-0.39, 0.29) is 23.1 Å². The fourth-order valence-corrected chi connectivity index (χ4v) is 5.70. The maximum absolute atomic E-state index is 13.5. The van der Waals surface area contributed by atoms with Crippen LogP contribution in [0.25, 0.3) is 0 Å². The maximum atomic E-state index is 13.5. The van der Waals surface area contributed by atoms with Gasteiger partial charge in [-0.05, 0) is 61.1 Å². The highest BCUT2D eigenvalue weighted by Gasteiger charge is 2.57. The Hall–Kier alpha value is -1.91. The molecule has 1 aromatic rings. The number of benzene rings is 1. The number of carbonyl (C=O) groups excluding carboxylic acids is 2. The van der Waals surface area contributed by atoms with Gasteiger partial charge in [0, 0.05) is 11.8 Å². The molecule has 1 aliphatic heterocycles. The molecular weight excluding hydrogens is 333 g/mol. The molecule has 3 aliphatic rings. The van der Waals surface area contributed by atoms with Crippen LogP contribution in [0.4, 0.5) is 4.39 Å². The van der Waals surface area contributed by atoms with Gasteiger partial charge in [0.25, 0.3) is 0 Å². The van der Waals surface area contributed by atoms with Gasteiger partial charge in [0.15, 0.2) is 0 Å². The Kier molecular flexibility index (Phi) is 4.28. The van der Waals surface area contributed by atoms with Crippen LogP contribution in [0.1, 0.15) is 44.6 Å². The second-order valence-corrected chi connectivity index (χ2v) is 8.36. The number of carbonyl (C=O) groups is 2. The molecule has 2 aliphatic carbocycles. The summed E-state index contributed by atoms with van der Waals surface area (Å²) in [6.45, 7) is 2.75. The number of fused-ring (bicyclic) bond motifs is 2. The van der Waals surface area contributed by atoms with Crippen LogP contribution in [-0.4, -0.2) is 36.5 Å². The summed E-state index contributed by atoms with van der Waals surface area (Å²) in [5.74, 6) is 0.999. The van der Waals surface area contributed by atoms with E-state index in [2.05, 4.69) is 6.92 Å². The van der Waals surface area contributed by atoms with Crippen molar-refractivity contribution >= 4 is 11.9 Å². The molecule has 1 heterocycles. The topological polar surface area (TPSA) is 46.4 Å². The number of hydrogen-bond acceptors (Lipinski definition) is 3. The van der Waals surface area contributed by atoms with Gasteiger partial charge in [0.05, 0.1) is 13.7 Å². The average molecular weight is 359 g/mol. The largest absolute Gasteiger partial charge is 0.467 e. The Labute approximate surface area is 153 Å². The summed E-state index contributed by atoms with van der Waals surface area (Å²) in [5, 5.41) is 0. The first-order chi connectivity index (χ1) is 12.5. The number of amides is 1. The molecular formula is C21H26FNO3. The monoisotopic (exact) mass is 359 g/mol. The van der Waals surface area contributed by atoms with E-state index in [1.165, 1.54) is 19.2 Å². The van der Waals surface area contributed by atoms with E-state index in [1.54, 1.807) is 4.90 Å². The molecule has 5 heteroatoms. The zero-order valence-corrected chi connectivity index (χ0v) is 15.4. The van der Waals surface area contributed by atoms with Crippen molar-refractivity contribution in [2.24, 2.45) is 17.8 Å². The van der Waals surface area contributed by atoms with Crippen molar-refractivity contribution in [1.82, 2.24) is 4.90 Å². The number of hydrogen-bond donors (Lipinski definition) is 0. The predicted molar refractivity (Wildman–Crippen MR) is 94.8 cm³/mol. The molecule has 3 atom stereocenters. The molecule has 0 radical (unpaired) electrons. The first kappa shape index (κ1) is 17.5. The van der Waals surface area contributed by atoms with E-state index in [0.717, 1.165) is 31.2 Å². The smallest absolute Gasteiger partial charge is 0.330 e. The number of esters is 1. The third kappa shape index (κ3) is 2.72. The molecule has 3 unspecified atom stereocenters. The summed E-state index contributed by atoms with van der Waals surface area (Å²) in [6, 6.07) is 6.33. The molecule has 2 bridgehead atoms. The Morgan fingerprint density at radius 2 is 1.81 bits per heavy atom. The quantitative estimate of drug-likeness (QED) is 0.612. The van der Waals surface area contributed by atoms with Gasteiger partial charge in [-0.2, -0.15) is 0 Å². The van der Waals surface area contributed by atoms with Crippen LogP contribution in [0.15, 0.2) is 24.3 Å². The lowest BCUT2D eigenvalue weighted by atomic mass is 9.57. The maximum Gasteiger partial charge on any atom is 0.330 e. The highest BCUT2D eigenvalue weighted by atomic mass is 19.1. The fourth-order valence-electron chi connectivity index (χ4n) is 5.70. The number of ether oxygens (including phenoxy) is 1. The van der Waals surface area contributed by atoms with Crippen molar-refractivity contribution in [3.05, 3.63) is 35.6 Å². The molecule has 1 aromatic carbocycles. The zero-order valence-electron chi connectivity index (χ0n) is 15.4. The van der Waals surface area contributed by atoms with Crippen molar-refractivity contribution in [1.29, 1.82) is 0 Å². The van der Waals surface area contributed by atoms with Crippen molar-refractivity contribution in [2.45, 2.75) is 50.5 Å². The summed E-state index contributed by atoms with van der Waals surface area (Å²) in [4.78, 5) is 26.3. The van der Waals surface area contributed by atoms with E-state index in [0.29, 0.717) is 30.7 Å². The zero-order chi connectivity index (χ0) is 18.5. The van der Waals surface area contributed by atoms with E-state index in [9.17, 15) is 14.0 Å². The molecule has 140 valence electrons. The Bertz CT molecular complexity index is 702. The lowest BCUT2D eigenvalue weighted by Gasteiger charge is -2.46. The van der Waals surface area contributed by atoms with Crippen molar-refractivity contribution in [3.8, 4) is 0 Å². The van der Waals surface area contributed by atoms with Crippen molar-refractivity contribution in [2.75, 3.05) is 13.7 Å². The molecule has 0 spiro atoms. The Morgan fingerprint density at radius 3 is 2.38 bits per heavy atom. The van der Waals surface area contributed by atoms with E-state index in [1.807, 2.05) is 12.1 Å². The Balaban J connectivity index is 1.64. The first-order valence-corrected chi connectivity index (χ1v) is 9.59. The summed E-state index contributed by atoms with van der Waals surface area (Å²) in [6.07, 6.45) is 4.89. The molecule has 26 heavy (non-hydrogen) atoms. The third-order valence-electron chi connectivity index (χ3n) is 6.93. The number of rotatable bonds is 4. The molecule has 2 saturated carbocycles. The van der Waals surface area contributed by atoms with E-state index < -0.39 is 6.04 Å². The lowest BCUT2D eigenvalue weighted by Crippen LogP contribution is -2.45. The van der Waals surface area contributed by atoms with Crippen LogP contribution >= 0.6 is 0 Å². The molecule has 3 fully saturated rings. The minimum Gasteiger partial charge on any atom is -0.467 e. The minimum atomic E-state index is -0.419. The molecule has 0 N–H and O–H groups in total. The van der Waals surface area contributed by atoms with Gasteiger partial charge in [-0.1, -0.05) is 19.1 Å². The standard InChI is InChI=1S/C21H26FNO3/c1-13-9-15-3-4-16(10-13)21(15,14-5-7-17(22)8-6-14)11-19(24)23-12-18(23)20(25)26-2/h5-8,13,15-16,18H,3-4,9-12H2,1-2H3. The van der Waals surface area contributed by atoms with E-state index >= 15 is 0 Å². The fraction of sp³-hybridized carbons (Fsp3) is 0.619. The van der Waals surface area contributed by atoms with Gasteiger partial charge in [-0.3, -0.25) is 4.79 Å². The van der Waals surface area contributed by atoms with E-state index in [4.69, 9.17) is 4.74 Å². The molecule has 1 saturated heterocycles. The van der Waals surface area contributed by atoms with Crippen LogP contribution in [0, 0.1) is 23.6 Å². The first-order valence-electron chi connectivity index (χ1n) is 9.59. The minimum absolute atomic E-state index is 0.0242. The SMILES string of the molecule is COC(=O)C1CN1C(=O)CC1(c2ccc(F)cc2)C2CCC1CC(C)C2.